The number of rotatable bonds is 3. The quantitative estimate of drug-likeness (QED) is 0.864. The fourth-order valence-electron chi connectivity index (χ4n) is 2.52. The summed E-state index contributed by atoms with van der Waals surface area (Å²) < 4.78 is 5.43. The Labute approximate surface area is 118 Å². The van der Waals surface area contributed by atoms with E-state index in [1.54, 1.807) is 12.3 Å². The van der Waals surface area contributed by atoms with Crippen molar-refractivity contribution in [1.29, 1.82) is 0 Å². The zero-order chi connectivity index (χ0) is 13.9. The van der Waals surface area contributed by atoms with E-state index >= 15 is 0 Å². The molecular weight excluding hydrogens is 252 g/mol. The molecule has 2 aromatic rings. The number of benzene rings is 1. The number of fused-ring (bicyclic) bond motifs is 1. The molecule has 2 heterocycles. The first kappa shape index (κ1) is 12.7. The van der Waals surface area contributed by atoms with Crippen LogP contribution in [0.25, 0.3) is 0 Å². The third-order valence-electron chi connectivity index (χ3n) is 3.49. The van der Waals surface area contributed by atoms with Gasteiger partial charge in [-0.25, -0.2) is 4.98 Å². The fraction of sp³-hybridized carbons (Fsp3) is 0.333. The molecule has 0 saturated carbocycles. The van der Waals surface area contributed by atoms with Crippen LogP contribution in [0.15, 0.2) is 30.5 Å². The van der Waals surface area contributed by atoms with E-state index in [0.29, 0.717) is 18.4 Å². The maximum absolute atomic E-state index is 6.02. The standard InChI is InChI=1S/C15H18N4O/c1-2-20-14-6-8-17-15(18-14)19-9-7-12-11(10-19)4-3-5-13(12)16/h3-6,8H,2,7,9-10,16H2,1H3. The predicted molar refractivity (Wildman–Crippen MR) is 78.8 cm³/mol. The van der Waals surface area contributed by atoms with Crippen molar-refractivity contribution in [3.63, 3.8) is 0 Å². The first-order valence-corrected chi connectivity index (χ1v) is 6.85. The second-order valence-electron chi connectivity index (χ2n) is 4.78. The Morgan fingerprint density at radius 3 is 3.10 bits per heavy atom. The number of nitrogens with zero attached hydrogens (tertiary/aromatic N) is 3. The predicted octanol–water partition coefficient (Wildman–Crippen LogP) is 2.02. The minimum absolute atomic E-state index is 0.607. The third-order valence-corrected chi connectivity index (χ3v) is 3.49. The Bertz CT molecular complexity index is 615. The molecule has 0 aliphatic carbocycles. The van der Waals surface area contributed by atoms with E-state index in [1.807, 2.05) is 19.1 Å². The summed E-state index contributed by atoms with van der Waals surface area (Å²) in [6.07, 6.45) is 2.66. The zero-order valence-electron chi connectivity index (χ0n) is 11.5. The van der Waals surface area contributed by atoms with Crippen molar-refractivity contribution in [2.45, 2.75) is 19.9 Å². The van der Waals surface area contributed by atoms with Gasteiger partial charge >= 0.3 is 0 Å². The SMILES string of the molecule is CCOc1ccnc(N2CCc3c(N)cccc3C2)n1. The van der Waals surface area contributed by atoms with Crippen LogP contribution in [0, 0.1) is 0 Å². The summed E-state index contributed by atoms with van der Waals surface area (Å²) in [6.45, 7) is 4.21. The lowest BCUT2D eigenvalue weighted by Gasteiger charge is -2.29. The van der Waals surface area contributed by atoms with Crippen molar-refractivity contribution in [1.82, 2.24) is 9.97 Å². The van der Waals surface area contributed by atoms with Gasteiger partial charge in [-0.3, -0.25) is 0 Å². The Kier molecular flexibility index (Phi) is 3.41. The molecule has 1 aromatic heterocycles. The van der Waals surface area contributed by atoms with Gasteiger partial charge in [-0.1, -0.05) is 12.1 Å². The molecule has 0 spiro atoms. The summed E-state index contributed by atoms with van der Waals surface area (Å²) in [5.74, 6) is 1.33. The van der Waals surface area contributed by atoms with E-state index in [2.05, 4.69) is 20.9 Å². The molecule has 1 aliphatic heterocycles. The maximum Gasteiger partial charge on any atom is 0.228 e. The van der Waals surface area contributed by atoms with Crippen LogP contribution >= 0.6 is 0 Å². The number of anilines is 2. The average molecular weight is 270 g/mol. The molecule has 104 valence electrons. The number of hydrogen-bond donors (Lipinski definition) is 1. The minimum atomic E-state index is 0.607. The van der Waals surface area contributed by atoms with Crippen LogP contribution in [-0.2, 0) is 13.0 Å². The normalized spacial score (nSPS) is 13.9. The Balaban J connectivity index is 1.85. The van der Waals surface area contributed by atoms with E-state index in [0.717, 1.165) is 25.2 Å². The molecule has 1 aliphatic rings. The molecular formula is C15H18N4O. The van der Waals surface area contributed by atoms with Gasteiger partial charge in [0.25, 0.3) is 0 Å². The molecule has 0 fully saturated rings. The lowest BCUT2D eigenvalue weighted by atomic mass is 9.98. The van der Waals surface area contributed by atoms with Crippen molar-refractivity contribution in [2.75, 3.05) is 23.8 Å². The van der Waals surface area contributed by atoms with E-state index in [4.69, 9.17) is 10.5 Å². The molecule has 0 saturated heterocycles. The monoisotopic (exact) mass is 270 g/mol. The van der Waals surface area contributed by atoms with E-state index in [9.17, 15) is 0 Å². The number of aromatic nitrogens is 2. The van der Waals surface area contributed by atoms with Crippen molar-refractivity contribution in [2.24, 2.45) is 0 Å². The van der Waals surface area contributed by atoms with Gasteiger partial charge < -0.3 is 15.4 Å². The summed E-state index contributed by atoms with van der Waals surface area (Å²) in [5, 5.41) is 0. The highest BCUT2D eigenvalue weighted by molar-refractivity contribution is 5.54. The molecule has 3 rings (SSSR count). The lowest BCUT2D eigenvalue weighted by Crippen LogP contribution is -2.32. The minimum Gasteiger partial charge on any atom is -0.478 e. The van der Waals surface area contributed by atoms with Gasteiger partial charge in [0.05, 0.1) is 6.61 Å². The van der Waals surface area contributed by atoms with Crippen LogP contribution in [0.2, 0.25) is 0 Å². The van der Waals surface area contributed by atoms with Gasteiger partial charge in [-0.2, -0.15) is 4.98 Å². The van der Waals surface area contributed by atoms with E-state index < -0.39 is 0 Å². The van der Waals surface area contributed by atoms with Crippen molar-refractivity contribution < 1.29 is 4.74 Å². The summed E-state index contributed by atoms with van der Waals surface area (Å²) >= 11 is 0. The van der Waals surface area contributed by atoms with Gasteiger partial charge in [0.15, 0.2) is 0 Å². The zero-order valence-corrected chi connectivity index (χ0v) is 11.5. The van der Waals surface area contributed by atoms with E-state index in [-0.39, 0.29) is 0 Å². The lowest BCUT2D eigenvalue weighted by molar-refractivity contribution is 0.326. The highest BCUT2D eigenvalue weighted by atomic mass is 16.5. The molecule has 1 aromatic carbocycles. The summed E-state index contributed by atoms with van der Waals surface area (Å²) in [5.41, 5.74) is 9.41. The fourth-order valence-corrected chi connectivity index (χ4v) is 2.52. The average Bonchev–Trinajstić information content (AvgIpc) is 2.48. The van der Waals surface area contributed by atoms with Crippen LogP contribution < -0.4 is 15.4 Å². The highest BCUT2D eigenvalue weighted by Crippen LogP contribution is 2.26. The molecule has 5 nitrogen and oxygen atoms in total. The number of hydrogen-bond acceptors (Lipinski definition) is 5. The van der Waals surface area contributed by atoms with E-state index in [1.165, 1.54) is 11.1 Å². The Morgan fingerprint density at radius 1 is 1.35 bits per heavy atom. The van der Waals surface area contributed by atoms with Crippen molar-refractivity contribution in [3.8, 4) is 5.88 Å². The van der Waals surface area contributed by atoms with Crippen LogP contribution in [0.4, 0.5) is 11.6 Å². The van der Waals surface area contributed by atoms with Crippen LogP contribution in [0.5, 0.6) is 5.88 Å². The summed E-state index contributed by atoms with van der Waals surface area (Å²) in [4.78, 5) is 10.9. The van der Waals surface area contributed by atoms with Crippen LogP contribution in [0.1, 0.15) is 18.1 Å². The third kappa shape index (κ3) is 2.39. The molecule has 0 unspecified atom stereocenters. The second-order valence-corrected chi connectivity index (χ2v) is 4.78. The smallest absolute Gasteiger partial charge is 0.228 e. The number of nitrogens with two attached hydrogens (primary N) is 1. The van der Waals surface area contributed by atoms with Gasteiger partial charge in [0.2, 0.25) is 11.8 Å². The molecule has 0 radical (unpaired) electrons. The molecule has 5 heteroatoms. The maximum atomic E-state index is 6.02. The molecule has 2 N–H and O–H groups in total. The van der Waals surface area contributed by atoms with Gasteiger partial charge in [0, 0.05) is 31.0 Å². The highest BCUT2D eigenvalue weighted by Gasteiger charge is 2.20. The molecule has 0 atom stereocenters. The molecule has 20 heavy (non-hydrogen) atoms. The van der Waals surface area contributed by atoms with Crippen molar-refractivity contribution in [3.05, 3.63) is 41.6 Å². The Hall–Kier alpha value is -2.30. The molecule has 0 amide bonds. The topological polar surface area (TPSA) is 64.3 Å². The van der Waals surface area contributed by atoms with Crippen LogP contribution in [-0.4, -0.2) is 23.1 Å². The summed E-state index contributed by atoms with van der Waals surface area (Å²) in [7, 11) is 0. The molecule has 0 bridgehead atoms. The Morgan fingerprint density at radius 2 is 2.25 bits per heavy atom. The summed E-state index contributed by atoms with van der Waals surface area (Å²) in [6, 6.07) is 7.85. The number of ether oxygens (including phenoxy) is 1. The van der Waals surface area contributed by atoms with Gasteiger partial charge in [-0.05, 0) is 30.5 Å². The van der Waals surface area contributed by atoms with Crippen molar-refractivity contribution >= 4 is 11.6 Å². The largest absolute Gasteiger partial charge is 0.478 e. The number of nitrogen functional groups attached to an aromatic ring is 1. The second kappa shape index (κ2) is 5.36. The van der Waals surface area contributed by atoms with Gasteiger partial charge in [0.1, 0.15) is 0 Å². The first-order valence-electron chi connectivity index (χ1n) is 6.85. The first-order chi connectivity index (χ1) is 9.78. The van der Waals surface area contributed by atoms with Crippen LogP contribution in [0.3, 0.4) is 0 Å². The van der Waals surface area contributed by atoms with Gasteiger partial charge in [-0.15, -0.1) is 0 Å².